The molecular formula is C50H48N2. The number of aryl methyl sites for hydroxylation is 1. The van der Waals surface area contributed by atoms with Crippen molar-refractivity contribution in [1.82, 2.24) is 9.38 Å². The Balaban J connectivity index is 0.000000612. The maximum Gasteiger partial charge on any atom is 0.0950 e. The molecule has 0 aliphatic heterocycles. The van der Waals surface area contributed by atoms with Gasteiger partial charge in [0, 0.05) is 11.8 Å². The second-order valence-corrected chi connectivity index (χ2v) is 12.2. The molecule has 0 atom stereocenters. The summed E-state index contributed by atoms with van der Waals surface area (Å²) in [4.78, 5) is 5.15. The van der Waals surface area contributed by atoms with Crippen molar-refractivity contribution in [3.63, 3.8) is 0 Å². The normalized spacial score (nSPS) is 11.1. The van der Waals surface area contributed by atoms with Crippen LogP contribution in [0.1, 0.15) is 55.9 Å². The van der Waals surface area contributed by atoms with Gasteiger partial charge in [-0.15, -0.1) is 25.2 Å². The van der Waals surface area contributed by atoms with Crippen LogP contribution in [0.25, 0.3) is 80.2 Å². The monoisotopic (exact) mass is 676 g/mol. The highest BCUT2D eigenvalue weighted by atomic mass is 14.9. The molecule has 0 saturated heterocycles. The standard InChI is InChI=1S/C41H32N2.C4H8.C3H6.C2H2/c1-5-12-30-17-22-33(25-29(30)7-3)36-23-27(4)40(35-14-9-8-13-34(35)36)31-18-20-32(21-19-31)41-39-24-28(6-2)26-43(39)38-16-11-10-15-37(38)42-41;1-3-4-2;1-3-2;1-2/h6-9,12-26H,1-3,10-11H2,4H3;3-4H,1-2H3;3H,1H2,2H3;1-2H/b;4-3-;;. The molecule has 2 heteroatoms. The molecule has 0 radical (unpaired) electrons. The largest absolute Gasteiger partial charge is 0.313 e. The van der Waals surface area contributed by atoms with Crippen LogP contribution in [0.4, 0.5) is 0 Å². The van der Waals surface area contributed by atoms with E-state index in [0.717, 1.165) is 51.7 Å². The Morgan fingerprint density at radius 2 is 1.38 bits per heavy atom. The van der Waals surface area contributed by atoms with Crippen LogP contribution in [0.15, 0.2) is 135 Å². The van der Waals surface area contributed by atoms with E-state index in [1.165, 1.54) is 43.9 Å². The molecule has 0 unspecified atom stereocenters. The Morgan fingerprint density at radius 3 is 2.02 bits per heavy atom. The Morgan fingerprint density at radius 1 is 0.750 bits per heavy atom. The fourth-order valence-electron chi connectivity index (χ4n) is 6.43. The van der Waals surface area contributed by atoms with Gasteiger partial charge in [-0.3, -0.25) is 0 Å². The lowest BCUT2D eigenvalue weighted by atomic mass is 9.87. The van der Waals surface area contributed by atoms with Gasteiger partial charge in [-0.05, 0) is 114 Å². The number of benzene rings is 4. The van der Waals surface area contributed by atoms with Gasteiger partial charge in [0.1, 0.15) is 0 Å². The van der Waals surface area contributed by atoms with E-state index in [2.05, 4.69) is 153 Å². The number of nitrogens with zero attached hydrogens (tertiary/aromatic N) is 2. The van der Waals surface area contributed by atoms with E-state index in [9.17, 15) is 0 Å². The molecule has 0 N–H and O–H groups in total. The van der Waals surface area contributed by atoms with Crippen LogP contribution in [0.5, 0.6) is 0 Å². The molecule has 2 heterocycles. The molecule has 0 spiro atoms. The maximum atomic E-state index is 5.15. The number of terminal acetylenes is 1. The second kappa shape index (κ2) is 18.6. The Labute approximate surface area is 310 Å². The third kappa shape index (κ3) is 8.14. The first-order valence-electron chi connectivity index (χ1n) is 17.5. The Bertz CT molecular complexity index is 2450. The first kappa shape index (κ1) is 38.4. The van der Waals surface area contributed by atoms with Crippen molar-refractivity contribution in [2.45, 2.75) is 40.5 Å². The van der Waals surface area contributed by atoms with Gasteiger partial charge < -0.3 is 4.40 Å². The summed E-state index contributed by atoms with van der Waals surface area (Å²) in [6, 6.07) is 28.6. The summed E-state index contributed by atoms with van der Waals surface area (Å²) in [7, 11) is 0. The van der Waals surface area contributed by atoms with Gasteiger partial charge in [-0.1, -0.05) is 129 Å². The minimum atomic E-state index is 0.995. The summed E-state index contributed by atoms with van der Waals surface area (Å²) in [6.07, 6.45) is 28.2. The number of aromatic nitrogens is 2. The highest BCUT2D eigenvalue weighted by Crippen LogP contribution is 2.39. The predicted octanol–water partition coefficient (Wildman–Crippen LogP) is 12.3. The van der Waals surface area contributed by atoms with Gasteiger partial charge >= 0.3 is 0 Å². The summed E-state index contributed by atoms with van der Waals surface area (Å²) in [5.74, 6) is 0. The lowest BCUT2D eigenvalue weighted by Gasteiger charge is -2.17. The highest BCUT2D eigenvalue weighted by molar-refractivity contribution is 6.06. The van der Waals surface area contributed by atoms with Crippen molar-refractivity contribution >= 4 is 46.7 Å². The molecule has 0 bridgehead atoms. The van der Waals surface area contributed by atoms with Crippen LogP contribution in [0, 0.1) is 19.8 Å². The average Bonchev–Trinajstić information content (AvgIpc) is 3.64. The molecular weight excluding hydrogens is 629 g/mol. The van der Waals surface area contributed by atoms with Crippen molar-refractivity contribution in [1.29, 1.82) is 0 Å². The van der Waals surface area contributed by atoms with Crippen molar-refractivity contribution < 1.29 is 0 Å². The first-order valence-corrected chi connectivity index (χ1v) is 17.5. The topological polar surface area (TPSA) is 17.3 Å². The molecule has 1 aliphatic rings. The van der Waals surface area contributed by atoms with Crippen LogP contribution in [0.3, 0.4) is 0 Å². The van der Waals surface area contributed by atoms with E-state index in [4.69, 9.17) is 4.98 Å². The summed E-state index contributed by atoms with van der Waals surface area (Å²) < 4.78 is 2.27. The minimum absolute atomic E-state index is 0.995. The molecule has 4 aromatic carbocycles. The van der Waals surface area contributed by atoms with E-state index < -0.39 is 0 Å². The molecule has 2 nitrogen and oxygen atoms in total. The van der Waals surface area contributed by atoms with Gasteiger partial charge in [0.05, 0.1) is 21.9 Å². The van der Waals surface area contributed by atoms with Crippen LogP contribution in [-0.2, 0) is 0 Å². The molecule has 7 rings (SSSR count). The van der Waals surface area contributed by atoms with Gasteiger partial charge in [-0.25, -0.2) is 4.98 Å². The van der Waals surface area contributed by atoms with Crippen LogP contribution in [-0.4, -0.2) is 9.38 Å². The summed E-state index contributed by atoms with van der Waals surface area (Å²) >= 11 is 0. The van der Waals surface area contributed by atoms with Crippen molar-refractivity contribution in [3.05, 3.63) is 168 Å². The lowest BCUT2D eigenvalue weighted by Crippen LogP contribution is -2.36. The number of allylic oxidation sites excluding steroid dienone is 3. The number of rotatable bonds is 6. The van der Waals surface area contributed by atoms with Gasteiger partial charge in [0.25, 0.3) is 0 Å². The van der Waals surface area contributed by atoms with Crippen LogP contribution < -0.4 is 10.7 Å². The van der Waals surface area contributed by atoms with E-state index in [1.54, 1.807) is 6.08 Å². The van der Waals surface area contributed by atoms with Gasteiger partial charge in [-0.2, -0.15) is 0 Å². The third-order valence-corrected chi connectivity index (χ3v) is 8.81. The number of hydrogen-bond acceptors (Lipinski definition) is 1. The second-order valence-electron chi connectivity index (χ2n) is 12.2. The minimum Gasteiger partial charge on any atom is -0.313 e. The number of hydrogen-bond donors (Lipinski definition) is 0. The molecule has 0 fully saturated rings. The first-order chi connectivity index (χ1) is 25.4. The van der Waals surface area contributed by atoms with E-state index >= 15 is 0 Å². The highest BCUT2D eigenvalue weighted by Gasteiger charge is 2.15. The zero-order valence-corrected chi connectivity index (χ0v) is 31.0. The number of fused-ring (bicyclic) bond motifs is 4. The Hall–Kier alpha value is -6.39. The SMILES string of the molecule is C#C.C/C=C\C.C=C=Cc1ccc(-c2cc(C)c(-c3ccc(-c4nc5c(n6cc(C=C)cc46)=CCCC=5)cc3)c3ccccc23)cc1C=C.C=CC. The van der Waals surface area contributed by atoms with E-state index in [1.807, 2.05) is 51.2 Å². The summed E-state index contributed by atoms with van der Waals surface area (Å²) in [5.41, 5.74) is 15.4. The fraction of sp³-hybridized carbons (Fsp3) is 0.120. The van der Waals surface area contributed by atoms with E-state index in [0.29, 0.717) is 0 Å². The fourth-order valence-corrected chi connectivity index (χ4v) is 6.43. The van der Waals surface area contributed by atoms with E-state index in [-0.39, 0.29) is 0 Å². The average molecular weight is 677 g/mol. The van der Waals surface area contributed by atoms with Crippen molar-refractivity contribution in [2.24, 2.45) is 0 Å². The summed E-state index contributed by atoms with van der Waals surface area (Å²) in [6.45, 7) is 23.2. The predicted molar refractivity (Wildman–Crippen MR) is 231 cm³/mol. The molecule has 2 aromatic heterocycles. The zero-order valence-electron chi connectivity index (χ0n) is 31.0. The molecule has 0 saturated carbocycles. The Kier molecular flexibility index (Phi) is 13.7. The smallest absolute Gasteiger partial charge is 0.0950 e. The molecule has 258 valence electrons. The van der Waals surface area contributed by atoms with Crippen molar-refractivity contribution in [2.75, 3.05) is 0 Å². The summed E-state index contributed by atoms with van der Waals surface area (Å²) in [5, 5.41) is 4.69. The zero-order chi connectivity index (χ0) is 37.6. The third-order valence-electron chi connectivity index (χ3n) is 8.81. The van der Waals surface area contributed by atoms with Crippen LogP contribution in [0.2, 0.25) is 0 Å². The quantitative estimate of drug-likeness (QED) is 0.0975. The van der Waals surface area contributed by atoms with Crippen molar-refractivity contribution in [3.8, 4) is 46.4 Å². The molecule has 0 amide bonds. The lowest BCUT2D eigenvalue weighted by molar-refractivity contribution is 0.991. The van der Waals surface area contributed by atoms with Gasteiger partial charge in [0.15, 0.2) is 0 Å². The molecule has 6 aromatic rings. The molecule has 1 aliphatic carbocycles. The van der Waals surface area contributed by atoms with Gasteiger partial charge in [0.2, 0.25) is 0 Å². The maximum absolute atomic E-state index is 5.15. The molecule has 52 heavy (non-hydrogen) atoms. The van der Waals surface area contributed by atoms with Crippen LogP contribution >= 0.6 is 0 Å².